The fourth-order valence-corrected chi connectivity index (χ4v) is 2.81. The summed E-state index contributed by atoms with van der Waals surface area (Å²) in [5, 5.41) is 5.15. The van der Waals surface area contributed by atoms with Crippen LogP contribution in [0.2, 0.25) is 0 Å². The minimum atomic E-state index is -0.326. The van der Waals surface area contributed by atoms with Crippen LogP contribution in [0.5, 0.6) is 0 Å². The van der Waals surface area contributed by atoms with Crippen LogP contribution < -0.4 is 5.32 Å². The number of hydrogen-bond acceptors (Lipinski definition) is 3. The van der Waals surface area contributed by atoms with E-state index in [1.165, 1.54) is 37.2 Å². The number of unbranched alkanes of at least 4 members (excludes halogenated alkanes) is 4. The van der Waals surface area contributed by atoms with Gasteiger partial charge in [-0.1, -0.05) is 84.2 Å². The summed E-state index contributed by atoms with van der Waals surface area (Å²) in [6.07, 6.45) is 10.2. The molecule has 4 heteroatoms. The quantitative estimate of drug-likeness (QED) is 0.303. The summed E-state index contributed by atoms with van der Waals surface area (Å²) < 4.78 is 0. The maximum atomic E-state index is 12.7. The highest BCUT2D eigenvalue weighted by Crippen LogP contribution is 2.31. The van der Waals surface area contributed by atoms with Crippen molar-refractivity contribution in [3.05, 3.63) is 24.8 Å². The molecule has 0 spiro atoms. The van der Waals surface area contributed by atoms with Gasteiger partial charge in [-0.3, -0.25) is 4.79 Å². The Bertz CT molecular complexity index is 379. The molecule has 0 saturated carbocycles. The predicted octanol–water partition coefficient (Wildman–Crippen LogP) is 5.65. The predicted molar refractivity (Wildman–Crippen MR) is 100.0 cm³/mol. The van der Waals surface area contributed by atoms with E-state index in [1.54, 1.807) is 5.41 Å². The van der Waals surface area contributed by atoms with Crippen LogP contribution in [0.25, 0.3) is 0 Å². The summed E-state index contributed by atoms with van der Waals surface area (Å²) in [6, 6.07) is 0. The average molecular weight is 325 g/mol. The second-order valence-electron chi connectivity index (χ2n) is 5.83. The van der Waals surface area contributed by atoms with Crippen LogP contribution in [-0.4, -0.2) is 11.1 Å². The number of hydrogen-bond donors (Lipinski definition) is 1. The first kappa shape index (κ1) is 21.0. The molecule has 0 heterocycles. The van der Waals surface area contributed by atoms with Gasteiger partial charge in [0.05, 0.1) is 0 Å². The maximum Gasteiger partial charge on any atom is 0.231 e. The van der Waals surface area contributed by atoms with Crippen molar-refractivity contribution in [3.8, 4) is 0 Å². The van der Waals surface area contributed by atoms with Gasteiger partial charge in [0.25, 0.3) is 0 Å². The zero-order chi connectivity index (χ0) is 16.8. The van der Waals surface area contributed by atoms with Gasteiger partial charge in [-0.2, -0.15) is 0 Å². The molecule has 1 unspecified atom stereocenters. The molecule has 0 fully saturated rings. The summed E-state index contributed by atoms with van der Waals surface area (Å²) in [7, 11) is 0. The highest BCUT2D eigenvalue weighted by atomic mass is 32.2. The molecule has 0 aliphatic rings. The molecule has 1 N–H and O–H groups in total. The molecule has 0 rings (SSSR count). The lowest BCUT2D eigenvalue weighted by atomic mass is 9.79. The Hall–Kier alpha value is -1.03. The van der Waals surface area contributed by atoms with Crippen molar-refractivity contribution in [2.45, 2.75) is 72.1 Å². The third-order valence-corrected chi connectivity index (χ3v) is 4.43. The molecular weight excluding hydrogens is 292 g/mol. The second-order valence-corrected chi connectivity index (χ2v) is 6.79. The number of nitrogens with one attached hydrogen (secondary N) is 1. The number of carbonyl (C=O) groups excluding carboxylic acids is 1. The van der Waals surface area contributed by atoms with Crippen LogP contribution in [0, 0.1) is 5.41 Å². The van der Waals surface area contributed by atoms with Crippen LogP contribution in [0.4, 0.5) is 0 Å². The molecule has 0 aromatic heterocycles. The van der Waals surface area contributed by atoms with Gasteiger partial charge < -0.3 is 5.32 Å². The fraction of sp³-hybridized carbons (Fsp3) is 0.667. The van der Waals surface area contributed by atoms with Crippen molar-refractivity contribution in [2.24, 2.45) is 10.4 Å². The zero-order valence-corrected chi connectivity index (χ0v) is 15.3. The van der Waals surface area contributed by atoms with Crippen LogP contribution in [0.3, 0.4) is 0 Å². The lowest BCUT2D eigenvalue weighted by Gasteiger charge is -2.28. The Balaban J connectivity index is 4.81. The normalized spacial score (nSPS) is 14.2. The fourth-order valence-electron chi connectivity index (χ4n) is 2.36. The van der Waals surface area contributed by atoms with Gasteiger partial charge in [-0.05, 0) is 18.2 Å². The van der Waals surface area contributed by atoms with Gasteiger partial charge in [0.15, 0.2) is 5.17 Å². The van der Waals surface area contributed by atoms with Crippen molar-refractivity contribution in [1.29, 1.82) is 0 Å². The van der Waals surface area contributed by atoms with Gasteiger partial charge in [-0.15, -0.1) is 0 Å². The molecule has 0 radical (unpaired) electrons. The largest absolute Gasteiger partial charge is 0.304 e. The number of rotatable bonds is 11. The first-order chi connectivity index (χ1) is 10.5. The van der Waals surface area contributed by atoms with Gasteiger partial charge in [-0.25, -0.2) is 4.99 Å². The number of nitrogens with zero attached hydrogens (tertiary/aromatic N) is 1. The lowest BCUT2D eigenvalue weighted by Crippen LogP contribution is -2.41. The van der Waals surface area contributed by atoms with Crippen LogP contribution in [0.15, 0.2) is 29.8 Å². The first-order valence-corrected chi connectivity index (χ1v) is 9.19. The van der Waals surface area contributed by atoms with Crippen LogP contribution in [0.1, 0.15) is 72.1 Å². The number of amides is 1. The van der Waals surface area contributed by atoms with Crippen LogP contribution in [-0.2, 0) is 4.79 Å². The summed E-state index contributed by atoms with van der Waals surface area (Å²) in [5.41, 5.74) is -0.326. The molecule has 0 aromatic rings. The Morgan fingerprint density at radius 3 is 2.32 bits per heavy atom. The monoisotopic (exact) mass is 324 g/mol. The zero-order valence-electron chi connectivity index (χ0n) is 14.5. The molecule has 0 aliphatic carbocycles. The van der Waals surface area contributed by atoms with E-state index in [-0.39, 0.29) is 11.3 Å². The minimum Gasteiger partial charge on any atom is -0.304 e. The number of thioether (sulfide) groups is 1. The molecule has 0 aromatic carbocycles. The van der Waals surface area contributed by atoms with Gasteiger partial charge in [0.2, 0.25) is 5.91 Å². The minimum absolute atomic E-state index is 0.0624. The highest BCUT2D eigenvalue weighted by molar-refractivity contribution is 8.16. The topological polar surface area (TPSA) is 41.5 Å². The van der Waals surface area contributed by atoms with E-state index in [4.69, 9.17) is 0 Å². The molecule has 0 bridgehead atoms. The SMILES string of the molecule is C=C/N=C(/NC(=O)C(C)(CCCC)CCCCCC)SC=C. The Morgan fingerprint density at radius 2 is 1.77 bits per heavy atom. The number of aliphatic imine (C=N–C) groups is 1. The summed E-state index contributed by atoms with van der Waals surface area (Å²) >= 11 is 1.31. The molecule has 0 saturated heterocycles. The molecule has 0 aliphatic heterocycles. The van der Waals surface area contributed by atoms with E-state index in [9.17, 15) is 4.79 Å². The molecule has 1 amide bonds. The van der Waals surface area contributed by atoms with E-state index < -0.39 is 0 Å². The van der Waals surface area contributed by atoms with Crippen molar-refractivity contribution < 1.29 is 4.79 Å². The Kier molecular flexibility index (Phi) is 11.9. The molecular formula is C18H32N2OS. The number of amidine groups is 1. The van der Waals surface area contributed by atoms with E-state index in [2.05, 4.69) is 44.2 Å². The third kappa shape index (κ3) is 8.42. The smallest absolute Gasteiger partial charge is 0.231 e. The molecule has 22 heavy (non-hydrogen) atoms. The summed E-state index contributed by atoms with van der Waals surface area (Å²) in [6.45, 7) is 13.7. The number of carbonyl (C=O) groups is 1. The van der Waals surface area contributed by atoms with E-state index in [1.807, 2.05) is 0 Å². The van der Waals surface area contributed by atoms with Gasteiger partial charge in [0.1, 0.15) is 0 Å². The van der Waals surface area contributed by atoms with E-state index in [0.717, 1.165) is 32.1 Å². The van der Waals surface area contributed by atoms with Crippen molar-refractivity contribution in [1.82, 2.24) is 5.32 Å². The Labute approximate surface area is 140 Å². The molecule has 3 nitrogen and oxygen atoms in total. The van der Waals surface area contributed by atoms with Crippen molar-refractivity contribution in [2.75, 3.05) is 0 Å². The third-order valence-electron chi connectivity index (χ3n) is 3.84. The van der Waals surface area contributed by atoms with Crippen LogP contribution >= 0.6 is 11.8 Å². The van der Waals surface area contributed by atoms with Gasteiger partial charge >= 0.3 is 0 Å². The Morgan fingerprint density at radius 1 is 1.14 bits per heavy atom. The maximum absolute atomic E-state index is 12.7. The summed E-state index contributed by atoms with van der Waals surface area (Å²) in [5.74, 6) is 0.0624. The second kappa shape index (κ2) is 12.5. The highest BCUT2D eigenvalue weighted by Gasteiger charge is 2.32. The van der Waals surface area contributed by atoms with Crippen molar-refractivity contribution in [3.63, 3.8) is 0 Å². The standard InChI is InChI=1S/C18H32N2OS/c1-6-10-12-13-15-18(5,14-11-7-2)16(21)20-17(19-8-3)22-9-4/h8-9H,3-4,6-7,10-15H2,1-2,5H3,(H,19,20,21). The lowest BCUT2D eigenvalue weighted by molar-refractivity contribution is -0.129. The molecule has 1 atom stereocenters. The molecule has 126 valence electrons. The summed E-state index contributed by atoms with van der Waals surface area (Å²) in [4.78, 5) is 16.8. The van der Waals surface area contributed by atoms with E-state index >= 15 is 0 Å². The average Bonchev–Trinajstić information content (AvgIpc) is 2.50. The van der Waals surface area contributed by atoms with Gasteiger partial charge in [0, 0.05) is 11.6 Å². The van der Waals surface area contributed by atoms with E-state index in [0.29, 0.717) is 5.17 Å². The van der Waals surface area contributed by atoms with Crippen molar-refractivity contribution >= 4 is 22.8 Å². The first-order valence-electron chi connectivity index (χ1n) is 8.31.